The fourth-order valence-electron chi connectivity index (χ4n) is 3.33. The molecule has 2 rings (SSSR count). The molecule has 1 aliphatic rings. The number of non-ortho nitro benzene ring substituents is 1. The highest BCUT2D eigenvalue weighted by Gasteiger charge is 2.24. The second kappa shape index (κ2) is 11.3. The molecule has 0 spiro atoms. The molecule has 1 aromatic rings. The number of hydrogen-bond donors (Lipinski definition) is 1. The van der Waals surface area contributed by atoms with Gasteiger partial charge in [0.25, 0.3) is 5.69 Å². The molecule has 1 aliphatic heterocycles. The van der Waals surface area contributed by atoms with Crippen molar-refractivity contribution in [2.45, 2.75) is 39.3 Å². The molecule has 1 atom stereocenters. The summed E-state index contributed by atoms with van der Waals surface area (Å²) in [5.74, 6) is 0.844. The van der Waals surface area contributed by atoms with E-state index in [9.17, 15) is 10.1 Å². The summed E-state index contributed by atoms with van der Waals surface area (Å²) in [5.41, 5.74) is 0.949. The van der Waals surface area contributed by atoms with Crippen LogP contribution < -0.4 is 5.32 Å². The van der Waals surface area contributed by atoms with Crippen molar-refractivity contribution in [3.05, 3.63) is 39.9 Å². The Morgan fingerprint density at radius 1 is 1.46 bits per heavy atom. The molecule has 1 saturated heterocycles. The summed E-state index contributed by atoms with van der Waals surface area (Å²) >= 11 is 0. The van der Waals surface area contributed by atoms with Gasteiger partial charge in [0.15, 0.2) is 5.96 Å². The quantitative estimate of drug-likeness (QED) is 0.216. The lowest BCUT2D eigenvalue weighted by Gasteiger charge is -2.29. The Morgan fingerprint density at radius 3 is 2.88 bits per heavy atom. The normalized spacial score (nSPS) is 17.7. The predicted octanol–water partition coefficient (Wildman–Crippen LogP) is 3.09. The highest BCUT2D eigenvalue weighted by Crippen LogP contribution is 2.17. The van der Waals surface area contributed by atoms with Crippen molar-refractivity contribution in [1.82, 2.24) is 15.1 Å². The van der Waals surface area contributed by atoms with Gasteiger partial charge in [-0.15, -0.1) is 24.0 Å². The molecule has 0 saturated carbocycles. The van der Waals surface area contributed by atoms with Gasteiger partial charge in [-0.3, -0.25) is 15.0 Å². The standard InChI is InChI=1S/C18H29N5O2.HI/c1-4-19-18(21(3)14-17-10-7-11-22(17)5-2)20-13-15-8-6-9-16(12-15)23(24)25;/h6,8-9,12,17H,4-5,7,10-11,13-14H2,1-3H3,(H,19,20);1H. The molecule has 0 aromatic heterocycles. The third kappa shape index (κ3) is 6.39. The summed E-state index contributed by atoms with van der Waals surface area (Å²) in [6, 6.07) is 7.23. The van der Waals surface area contributed by atoms with E-state index in [-0.39, 0.29) is 34.6 Å². The van der Waals surface area contributed by atoms with Gasteiger partial charge >= 0.3 is 0 Å². The van der Waals surface area contributed by atoms with E-state index in [4.69, 9.17) is 0 Å². The summed E-state index contributed by atoms with van der Waals surface area (Å²) < 4.78 is 0. The summed E-state index contributed by atoms with van der Waals surface area (Å²) in [7, 11) is 2.06. The number of nitrogens with one attached hydrogen (secondary N) is 1. The topological polar surface area (TPSA) is 74.0 Å². The van der Waals surface area contributed by atoms with Crippen LogP contribution in [0.15, 0.2) is 29.3 Å². The van der Waals surface area contributed by atoms with Crippen LogP contribution >= 0.6 is 24.0 Å². The summed E-state index contributed by atoms with van der Waals surface area (Å²) in [5, 5.41) is 14.2. The maximum atomic E-state index is 10.9. The maximum absolute atomic E-state index is 10.9. The Bertz CT molecular complexity index is 611. The number of nitro groups is 1. The van der Waals surface area contributed by atoms with E-state index in [1.165, 1.54) is 25.5 Å². The van der Waals surface area contributed by atoms with E-state index < -0.39 is 0 Å². The first-order valence-electron chi connectivity index (χ1n) is 9.02. The largest absolute Gasteiger partial charge is 0.357 e. The molecule has 1 heterocycles. The molecule has 0 aliphatic carbocycles. The fraction of sp³-hybridized carbons (Fsp3) is 0.611. The number of rotatable bonds is 7. The Labute approximate surface area is 173 Å². The third-order valence-corrected chi connectivity index (χ3v) is 4.62. The number of halogens is 1. The van der Waals surface area contributed by atoms with Crippen molar-refractivity contribution in [1.29, 1.82) is 0 Å². The highest BCUT2D eigenvalue weighted by molar-refractivity contribution is 14.0. The molecular weight excluding hydrogens is 445 g/mol. The lowest BCUT2D eigenvalue weighted by molar-refractivity contribution is -0.384. The molecule has 1 N–H and O–H groups in total. The lowest BCUT2D eigenvalue weighted by Crippen LogP contribution is -2.45. The van der Waals surface area contributed by atoms with E-state index in [0.717, 1.165) is 31.2 Å². The number of benzene rings is 1. The molecule has 146 valence electrons. The van der Waals surface area contributed by atoms with Crippen LogP contribution in [0.4, 0.5) is 5.69 Å². The van der Waals surface area contributed by atoms with E-state index in [0.29, 0.717) is 12.6 Å². The number of likely N-dealkylation sites (N-methyl/N-ethyl adjacent to an activating group) is 2. The smallest absolute Gasteiger partial charge is 0.269 e. The predicted molar refractivity (Wildman–Crippen MR) is 116 cm³/mol. The van der Waals surface area contributed by atoms with E-state index >= 15 is 0 Å². The van der Waals surface area contributed by atoms with Gasteiger partial charge in [-0.1, -0.05) is 19.1 Å². The van der Waals surface area contributed by atoms with Crippen LogP contribution in [0.2, 0.25) is 0 Å². The van der Waals surface area contributed by atoms with Crippen LogP contribution in [0.25, 0.3) is 0 Å². The van der Waals surface area contributed by atoms with Crippen LogP contribution in [-0.2, 0) is 6.54 Å². The number of guanidine groups is 1. The fourth-order valence-corrected chi connectivity index (χ4v) is 3.33. The molecule has 26 heavy (non-hydrogen) atoms. The van der Waals surface area contributed by atoms with Crippen molar-refractivity contribution in [2.75, 3.05) is 33.2 Å². The third-order valence-electron chi connectivity index (χ3n) is 4.62. The molecule has 1 unspecified atom stereocenters. The van der Waals surface area contributed by atoms with Gasteiger partial charge in [0.05, 0.1) is 11.5 Å². The SMILES string of the molecule is CCNC(=NCc1cccc([N+](=O)[O-])c1)N(C)CC1CCCN1CC.I. The van der Waals surface area contributed by atoms with Crippen LogP contribution in [0.1, 0.15) is 32.3 Å². The Kier molecular flexibility index (Phi) is 9.85. The average Bonchev–Trinajstić information content (AvgIpc) is 3.05. The van der Waals surface area contributed by atoms with Crippen molar-refractivity contribution in [3.8, 4) is 0 Å². The zero-order chi connectivity index (χ0) is 18.2. The van der Waals surface area contributed by atoms with Gasteiger partial charge in [0, 0.05) is 38.3 Å². The second-order valence-corrected chi connectivity index (χ2v) is 6.40. The van der Waals surface area contributed by atoms with Crippen LogP contribution in [0, 0.1) is 10.1 Å². The molecule has 1 aromatic carbocycles. The van der Waals surface area contributed by atoms with Gasteiger partial charge in [-0.05, 0) is 38.4 Å². The minimum absolute atomic E-state index is 0. The molecule has 0 radical (unpaired) electrons. The second-order valence-electron chi connectivity index (χ2n) is 6.40. The zero-order valence-corrected chi connectivity index (χ0v) is 18.2. The van der Waals surface area contributed by atoms with Gasteiger partial charge in [-0.2, -0.15) is 0 Å². The van der Waals surface area contributed by atoms with Gasteiger partial charge in [0.2, 0.25) is 0 Å². The summed E-state index contributed by atoms with van der Waals surface area (Å²) in [4.78, 5) is 19.9. The number of hydrogen-bond acceptors (Lipinski definition) is 4. The van der Waals surface area contributed by atoms with Crippen molar-refractivity contribution in [3.63, 3.8) is 0 Å². The zero-order valence-electron chi connectivity index (χ0n) is 15.9. The summed E-state index contributed by atoms with van der Waals surface area (Å²) in [6.07, 6.45) is 2.48. The van der Waals surface area contributed by atoms with E-state index in [1.807, 2.05) is 13.0 Å². The first-order valence-corrected chi connectivity index (χ1v) is 9.02. The van der Waals surface area contributed by atoms with Crippen LogP contribution in [-0.4, -0.2) is 60.0 Å². The average molecular weight is 475 g/mol. The van der Waals surface area contributed by atoms with Gasteiger partial charge in [-0.25, -0.2) is 4.99 Å². The van der Waals surface area contributed by atoms with Crippen molar-refractivity contribution < 1.29 is 4.92 Å². The Balaban J connectivity index is 0.00000338. The van der Waals surface area contributed by atoms with Crippen molar-refractivity contribution >= 4 is 35.6 Å². The minimum atomic E-state index is -0.371. The van der Waals surface area contributed by atoms with E-state index in [2.05, 4.69) is 34.1 Å². The molecule has 8 heteroatoms. The molecule has 7 nitrogen and oxygen atoms in total. The van der Waals surface area contributed by atoms with E-state index in [1.54, 1.807) is 12.1 Å². The first-order chi connectivity index (χ1) is 12.0. The maximum Gasteiger partial charge on any atom is 0.269 e. The number of aliphatic imine (C=N–C) groups is 1. The Hall–Kier alpha value is -1.42. The van der Waals surface area contributed by atoms with Gasteiger partial charge in [0.1, 0.15) is 0 Å². The summed E-state index contributed by atoms with van der Waals surface area (Å²) in [6.45, 7) is 8.67. The number of nitrogens with zero attached hydrogens (tertiary/aromatic N) is 4. The minimum Gasteiger partial charge on any atom is -0.357 e. The molecule has 0 bridgehead atoms. The van der Waals surface area contributed by atoms with Crippen LogP contribution in [0.5, 0.6) is 0 Å². The number of nitro benzene ring substituents is 1. The highest BCUT2D eigenvalue weighted by atomic mass is 127. The van der Waals surface area contributed by atoms with Crippen LogP contribution in [0.3, 0.4) is 0 Å². The van der Waals surface area contributed by atoms with Gasteiger partial charge < -0.3 is 10.2 Å². The Morgan fingerprint density at radius 2 is 2.23 bits per heavy atom. The molecular formula is C18H30IN5O2. The number of likely N-dealkylation sites (tertiary alicyclic amines) is 1. The lowest BCUT2D eigenvalue weighted by atomic mass is 10.2. The first kappa shape index (κ1) is 22.6. The van der Waals surface area contributed by atoms with Crippen molar-refractivity contribution in [2.24, 2.45) is 4.99 Å². The molecule has 0 amide bonds. The molecule has 1 fully saturated rings. The monoisotopic (exact) mass is 475 g/mol.